The van der Waals surface area contributed by atoms with Gasteiger partial charge in [0, 0.05) is 16.9 Å². The number of ether oxygens (including phenoxy) is 1. The van der Waals surface area contributed by atoms with Crippen molar-refractivity contribution in [2.75, 3.05) is 11.5 Å². The summed E-state index contributed by atoms with van der Waals surface area (Å²) in [5.41, 5.74) is 14.1. The number of benzene rings is 1. The predicted molar refractivity (Wildman–Crippen MR) is 74.5 cm³/mol. The van der Waals surface area contributed by atoms with E-state index in [0.717, 1.165) is 5.56 Å². The fourth-order valence-electron chi connectivity index (χ4n) is 1.95. The van der Waals surface area contributed by atoms with Gasteiger partial charge in [0.1, 0.15) is 0 Å². The van der Waals surface area contributed by atoms with E-state index in [4.69, 9.17) is 16.2 Å². The Hall–Kier alpha value is -1.71. The van der Waals surface area contributed by atoms with Crippen molar-refractivity contribution in [2.24, 2.45) is 0 Å². The highest BCUT2D eigenvalue weighted by molar-refractivity contribution is 5.92. The number of nitrogens with two attached hydrogens (primary N) is 2. The van der Waals surface area contributed by atoms with Gasteiger partial charge in [-0.3, -0.25) is 0 Å². The first-order valence-corrected chi connectivity index (χ1v) is 6.03. The molecule has 0 aromatic heterocycles. The zero-order valence-corrected chi connectivity index (χ0v) is 11.7. The van der Waals surface area contributed by atoms with Gasteiger partial charge in [-0.25, -0.2) is 4.79 Å². The van der Waals surface area contributed by atoms with Crippen molar-refractivity contribution >= 4 is 17.3 Å². The summed E-state index contributed by atoms with van der Waals surface area (Å²) >= 11 is 0. The van der Waals surface area contributed by atoms with E-state index in [1.54, 1.807) is 26.0 Å². The standard InChI is InChI=1S/C14H22N2O2/c1-8(2)18-13(17)9-6-10(15)12(11(16)7-9)14(3,4)5/h6-8H,15-16H2,1-5H3. The van der Waals surface area contributed by atoms with E-state index in [1.165, 1.54) is 0 Å². The Balaban J connectivity index is 3.19. The SMILES string of the molecule is CC(C)OC(=O)c1cc(N)c(C(C)(C)C)c(N)c1. The molecular weight excluding hydrogens is 228 g/mol. The number of anilines is 2. The van der Waals surface area contributed by atoms with Gasteiger partial charge in [0.05, 0.1) is 11.7 Å². The quantitative estimate of drug-likeness (QED) is 0.625. The lowest BCUT2D eigenvalue weighted by Crippen LogP contribution is -2.19. The topological polar surface area (TPSA) is 78.3 Å². The van der Waals surface area contributed by atoms with Crippen molar-refractivity contribution < 1.29 is 9.53 Å². The van der Waals surface area contributed by atoms with Gasteiger partial charge in [-0.15, -0.1) is 0 Å². The summed E-state index contributed by atoms with van der Waals surface area (Å²) in [4.78, 5) is 11.8. The van der Waals surface area contributed by atoms with Crippen LogP contribution in [-0.4, -0.2) is 12.1 Å². The van der Waals surface area contributed by atoms with Crippen molar-refractivity contribution in [3.63, 3.8) is 0 Å². The molecule has 0 fully saturated rings. The minimum atomic E-state index is -0.399. The Morgan fingerprint density at radius 3 is 1.94 bits per heavy atom. The summed E-state index contributed by atoms with van der Waals surface area (Å²) < 4.78 is 5.12. The minimum Gasteiger partial charge on any atom is -0.459 e. The average Bonchev–Trinajstić information content (AvgIpc) is 2.12. The lowest BCUT2D eigenvalue weighted by Gasteiger charge is -2.24. The van der Waals surface area contributed by atoms with E-state index in [-0.39, 0.29) is 11.5 Å². The zero-order chi connectivity index (χ0) is 14.1. The molecule has 1 aromatic carbocycles. The zero-order valence-electron chi connectivity index (χ0n) is 11.7. The van der Waals surface area contributed by atoms with E-state index in [1.807, 2.05) is 20.8 Å². The summed E-state index contributed by atoms with van der Waals surface area (Å²) in [6, 6.07) is 3.25. The maximum Gasteiger partial charge on any atom is 0.338 e. The third kappa shape index (κ3) is 3.15. The van der Waals surface area contributed by atoms with Gasteiger partial charge in [0.25, 0.3) is 0 Å². The largest absolute Gasteiger partial charge is 0.459 e. The Bertz CT molecular complexity index is 436. The molecular formula is C14H22N2O2. The summed E-state index contributed by atoms with van der Waals surface area (Å²) in [5, 5.41) is 0. The smallest absolute Gasteiger partial charge is 0.338 e. The van der Waals surface area contributed by atoms with Crippen LogP contribution in [0.3, 0.4) is 0 Å². The van der Waals surface area contributed by atoms with E-state index in [2.05, 4.69) is 0 Å². The summed E-state index contributed by atoms with van der Waals surface area (Å²) in [6.07, 6.45) is -0.165. The lowest BCUT2D eigenvalue weighted by molar-refractivity contribution is 0.0378. The van der Waals surface area contributed by atoms with Crippen LogP contribution in [0.15, 0.2) is 12.1 Å². The molecule has 0 saturated carbocycles. The molecule has 0 unspecified atom stereocenters. The van der Waals surface area contributed by atoms with Gasteiger partial charge in [-0.2, -0.15) is 0 Å². The van der Waals surface area contributed by atoms with Crippen molar-refractivity contribution in [1.29, 1.82) is 0 Å². The molecule has 0 aliphatic heterocycles. The third-order valence-electron chi connectivity index (χ3n) is 2.53. The molecule has 1 aromatic rings. The molecule has 100 valence electrons. The lowest BCUT2D eigenvalue weighted by atomic mass is 9.84. The van der Waals surface area contributed by atoms with E-state index < -0.39 is 5.97 Å². The molecule has 0 aliphatic carbocycles. The molecule has 0 aliphatic rings. The number of hydrogen-bond acceptors (Lipinski definition) is 4. The molecule has 1 rings (SSSR count). The second kappa shape index (κ2) is 4.88. The highest BCUT2D eigenvalue weighted by atomic mass is 16.5. The summed E-state index contributed by atoms with van der Waals surface area (Å²) in [5.74, 6) is -0.399. The molecule has 0 bridgehead atoms. The van der Waals surface area contributed by atoms with Crippen LogP contribution < -0.4 is 11.5 Å². The molecule has 4 N–H and O–H groups in total. The number of esters is 1. The van der Waals surface area contributed by atoms with E-state index in [0.29, 0.717) is 16.9 Å². The fraction of sp³-hybridized carbons (Fsp3) is 0.500. The van der Waals surface area contributed by atoms with Gasteiger partial charge in [-0.05, 0) is 31.4 Å². The minimum absolute atomic E-state index is 0.158. The highest BCUT2D eigenvalue weighted by Gasteiger charge is 2.22. The summed E-state index contributed by atoms with van der Waals surface area (Å²) in [6.45, 7) is 9.69. The van der Waals surface area contributed by atoms with Crippen LogP contribution in [0.1, 0.15) is 50.5 Å². The first-order chi connectivity index (χ1) is 8.12. The van der Waals surface area contributed by atoms with Crippen LogP contribution in [0.5, 0.6) is 0 Å². The van der Waals surface area contributed by atoms with Crippen LogP contribution in [0.4, 0.5) is 11.4 Å². The van der Waals surface area contributed by atoms with Gasteiger partial charge < -0.3 is 16.2 Å². The van der Waals surface area contributed by atoms with Crippen molar-refractivity contribution in [2.45, 2.75) is 46.1 Å². The van der Waals surface area contributed by atoms with Gasteiger partial charge in [-0.1, -0.05) is 20.8 Å². The molecule has 18 heavy (non-hydrogen) atoms. The maximum atomic E-state index is 11.8. The van der Waals surface area contributed by atoms with Crippen molar-refractivity contribution in [1.82, 2.24) is 0 Å². The number of rotatable bonds is 2. The number of hydrogen-bond donors (Lipinski definition) is 2. The van der Waals surface area contributed by atoms with Gasteiger partial charge in [0.2, 0.25) is 0 Å². The second-order valence-corrected chi connectivity index (χ2v) is 5.73. The van der Waals surface area contributed by atoms with Gasteiger partial charge in [0.15, 0.2) is 0 Å². The third-order valence-corrected chi connectivity index (χ3v) is 2.53. The van der Waals surface area contributed by atoms with Crippen LogP contribution >= 0.6 is 0 Å². The maximum absolute atomic E-state index is 11.8. The molecule has 0 saturated heterocycles. The Morgan fingerprint density at radius 2 is 1.61 bits per heavy atom. The molecule has 0 heterocycles. The first kappa shape index (κ1) is 14.4. The number of carbonyl (C=O) groups is 1. The summed E-state index contributed by atoms with van der Waals surface area (Å²) in [7, 11) is 0. The predicted octanol–water partition coefficient (Wildman–Crippen LogP) is 2.71. The second-order valence-electron chi connectivity index (χ2n) is 5.73. The average molecular weight is 250 g/mol. The molecule has 0 atom stereocenters. The van der Waals surface area contributed by atoms with Crippen LogP contribution in [-0.2, 0) is 10.2 Å². The van der Waals surface area contributed by atoms with Crippen molar-refractivity contribution in [3.05, 3.63) is 23.3 Å². The Morgan fingerprint density at radius 1 is 1.17 bits per heavy atom. The molecule has 0 amide bonds. The molecule has 0 radical (unpaired) electrons. The van der Waals surface area contributed by atoms with E-state index in [9.17, 15) is 4.79 Å². The highest BCUT2D eigenvalue weighted by Crippen LogP contribution is 2.34. The van der Waals surface area contributed by atoms with Crippen LogP contribution in [0.2, 0.25) is 0 Å². The normalized spacial score (nSPS) is 11.7. The number of nitrogen functional groups attached to an aromatic ring is 2. The molecule has 0 spiro atoms. The monoisotopic (exact) mass is 250 g/mol. The fourth-order valence-corrected chi connectivity index (χ4v) is 1.95. The van der Waals surface area contributed by atoms with Crippen LogP contribution in [0.25, 0.3) is 0 Å². The molecule has 4 heteroatoms. The Kier molecular flexibility index (Phi) is 3.89. The molecule has 4 nitrogen and oxygen atoms in total. The van der Waals surface area contributed by atoms with Gasteiger partial charge >= 0.3 is 5.97 Å². The first-order valence-electron chi connectivity index (χ1n) is 6.03. The van der Waals surface area contributed by atoms with E-state index >= 15 is 0 Å². The number of carbonyl (C=O) groups excluding carboxylic acids is 1. The van der Waals surface area contributed by atoms with Crippen LogP contribution in [0, 0.1) is 0 Å². The van der Waals surface area contributed by atoms with Crippen molar-refractivity contribution in [3.8, 4) is 0 Å². The Labute approximate surface area is 108 Å².